The van der Waals surface area contributed by atoms with E-state index in [1.807, 2.05) is 28.2 Å². The number of aromatic nitrogens is 6. The number of sulfonamides is 2. The Hall–Kier alpha value is -3.36. The minimum atomic E-state index is -3.70. The van der Waals surface area contributed by atoms with Crippen LogP contribution in [0, 0.1) is 0 Å². The van der Waals surface area contributed by atoms with E-state index < -0.39 is 28.1 Å². The first-order valence-electron chi connectivity index (χ1n) is 27.2. The number of aryl methyl sites for hydroxylation is 2. The second-order valence-electron chi connectivity index (χ2n) is 22.7. The molecule has 0 saturated carbocycles. The Morgan fingerprint density at radius 2 is 1.25 bits per heavy atom. The molecule has 2 aromatic carbocycles. The largest absolute Gasteiger partial charge is 0.398 e. The van der Waals surface area contributed by atoms with E-state index in [0.717, 1.165) is 114 Å². The summed E-state index contributed by atoms with van der Waals surface area (Å²) in [5.74, 6) is 1.36. The third-order valence-corrected chi connectivity index (χ3v) is 21.5. The van der Waals surface area contributed by atoms with Crippen LogP contribution in [0.15, 0.2) is 39.3 Å². The zero-order valence-corrected chi connectivity index (χ0v) is 49.7. The van der Waals surface area contributed by atoms with Crippen molar-refractivity contribution < 1.29 is 31.0 Å². The molecule has 0 bridgehead atoms. The molecule has 2 aliphatic carbocycles. The van der Waals surface area contributed by atoms with Gasteiger partial charge in [0.1, 0.15) is 6.73 Å². The summed E-state index contributed by atoms with van der Waals surface area (Å²) in [5, 5.41) is 14.3. The summed E-state index contributed by atoms with van der Waals surface area (Å²) >= 11 is 3.19. The molecule has 416 valence electrons. The highest BCUT2D eigenvalue weighted by molar-refractivity contribution is 9.10. The summed E-state index contributed by atoms with van der Waals surface area (Å²) < 4.78 is 73.6. The fraction of sp³-hybridized carbons (Fsp3) is 0.692. The van der Waals surface area contributed by atoms with E-state index in [0.29, 0.717) is 62.7 Å². The minimum Gasteiger partial charge on any atom is -0.398 e. The molecule has 4 fully saturated rings. The predicted molar refractivity (Wildman–Crippen MR) is 299 cm³/mol. The lowest BCUT2D eigenvalue weighted by Gasteiger charge is -2.34. The smallest absolute Gasteiger partial charge is 0.278 e. The molecule has 2 aromatic heterocycles. The van der Waals surface area contributed by atoms with Crippen molar-refractivity contribution in [3.8, 4) is 0 Å². The molecule has 23 heteroatoms. The van der Waals surface area contributed by atoms with Crippen molar-refractivity contribution in [3.05, 3.63) is 62.4 Å². The van der Waals surface area contributed by atoms with Crippen LogP contribution in [-0.2, 0) is 66.7 Å². The molecule has 4 N–H and O–H groups in total. The number of ether oxygens (including phenoxy) is 3. The van der Waals surface area contributed by atoms with Crippen LogP contribution in [0.5, 0.6) is 0 Å². The van der Waals surface area contributed by atoms with Crippen molar-refractivity contribution in [2.75, 3.05) is 98.5 Å². The topological polar surface area (TPSA) is 219 Å². The van der Waals surface area contributed by atoms with E-state index in [-0.39, 0.29) is 21.8 Å². The molecule has 10 rings (SSSR count). The van der Waals surface area contributed by atoms with Gasteiger partial charge in [-0.15, -0.1) is 10.2 Å². The average molecular weight is 1160 g/mol. The Morgan fingerprint density at radius 3 is 1.81 bits per heavy atom. The maximum Gasteiger partial charge on any atom is 0.278 e. The van der Waals surface area contributed by atoms with Gasteiger partial charge in [-0.05, 0) is 185 Å². The maximum absolute atomic E-state index is 13.2. The molecule has 6 heterocycles. The van der Waals surface area contributed by atoms with Crippen molar-refractivity contribution in [2.24, 2.45) is 0 Å². The summed E-state index contributed by atoms with van der Waals surface area (Å²) in [6.07, 6.45) is 14.4. The van der Waals surface area contributed by atoms with Crippen LogP contribution in [0.25, 0.3) is 0 Å². The van der Waals surface area contributed by atoms with E-state index in [1.165, 1.54) is 65.9 Å². The zero-order chi connectivity index (χ0) is 53.5. The first-order chi connectivity index (χ1) is 35.8. The van der Waals surface area contributed by atoms with Crippen molar-refractivity contribution in [1.82, 2.24) is 48.4 Å². The summed E-state index contributed by atoms with van der Waals surface area (Å²) in [7, 11) is -0.436. The van der Waals surface area contributed by atoms with E-state index in [2.05, 4.69) is 100 Å². The molecule has 0 spiro atoms. The second kappa shape index (κ2) is 25.6. The number of piperidine rings is 2. The molecule has 4 aromatic rings. The van der Waals surface area contributed by atoms with Crippen molar-refractivity contribution in [1.29, 1.82) is 0 Å². The summed E-state index contributed by atoms with van der Waals surface area (Å²) in [6.45, 7) is 12.8. The highest BCUT2D eigenvalue weighted by Gasteiger charge is 2.36. The van der Waals surface area contributed by atoms with Crippen LogP contribution in [0.3, 0.4) is 0 Å². The molecule has 6 aliphatic rings. The molecule has 0 radical (unpaired) electrons. The average Bonchev–Trinajstić information content (AvgIpc) is 4.25. The number of hydrogen-bond donors (Lipinski definition) is 3. The van der Waals surface area contributed by atoms with E-state index in [4.69, 9.17) is 19.9 Å². The van der Waals surface area contributed by atoms with Crippen molar-refractivity contribution >= 4 is 61.4 Å². The number of rotatable bonds is 15. The number of nitrogens with zero attached hydrogens (tertiary/aromatic N) is 9. The monoisotopic (exact) mass is 1160 g/mol. The third-order valence-electron chi connectivity index (χ3n) is 16.0. The van der Waals surface area contributed by atoms with Gasteiger partial charge in [0.2, 0.25) is 10.7 Å². The Bertz CT molecular complexity index is 2740. The minimum absolute atomic E-state index is 0.0549. The van der Waals surface area contributed by atoms with Crippen molar-refractivity contribution in [3.63, 3.8) is 0 Å². The molecule has 75 heavy (non-hydrogen) atoms. The number of nitrogen functional groups attached to an aromatic ring is 1. The van der Waals surface area contributed by atoms with Crippen molar-refractivity contribution in [2.45, 2.75) is 157 Å². The second-order valence-corrected chi connectivity index (χ2v) is 32.7. The normalized spacial score (nSPS) is 19.9. The van der Waals surface area contributed by atoms with Gasteiger partial charge in [0.25, 0.3) is 30.4 Å². The number of halogens is 1. The van der Waals surface area contributed by atoms with Gasteiger partial charge < -0.3 is 35.1 Å². The number of aromatic amines is 1. The number of hydrogen-bond acceptors (Lipinski definition) is 15. The highest BCUT2D eigenvalue weighted by Crippen LogP contribution is 2.41. The van der Waals surface area contributed by atoms with E-state index >= 15 is 0 Å². The molecule has 0 unspecified atom stereocenters. The van der Waals surface area contributed by atoms with E-state index in [1.54, 1.807) is 0 Å². The molecule has 19 nitrogen and oxygen atoms in total. The van der Waals surface area contributed by atoms with Crippen LogP contribution >= 0.6 is 15.9 Å². The number of benzene rings is 2. The summed E-state index contributed by atoms with van der Waals surface area (Å²) in [5.41, 5.74) is 16.7. The molecule has 0 amide bonds. The Morgan fingerprint density at radius 1 is 0.733 bits per heavy atom. The predicted octanol–water partition coefficient (Wildman–Crippen LogP) is 7.36. The molecular formula is C52H83BrN12O7S2Si. The van der Waals surface area contributed by atoms with Gasteiger partial charge in [-0.25, -0.2) is 26.6 Å². The quantitative estimate of drug-likeness (QED) is 0.0602. The van der Waals surface area contributed by atoms with E-state index in [9.17, 15) is 16.8 Å². The number of nitrogens with two attached hydrogens (primary N) is 1. The lowest BCUT2D eigenvalue weighted by atomic mass is 9.88. The fourth-order valence-corrected chi connectivity index (χ4v) is 15.3. The fourth-order valence-electron chi connectivity index (χ4n) is 11.3. The van der Waals surface area contributed by atoms with Gasteiger partial charge in [-0.1, -0.05) is 43.9 Å². The Balaban J connectivity index is 0.000000158. The van der Waals surface area contributed by atoms with Crippen LogP contribution in [-0.4, -0.2) is 173 Å². The van der Waals surface area contributed by atoms with Gasteiger partial charge in [-0.3, -0.25) is 0 Å². The molecule has 0 atom stereocenters. The lowest BCUT2D eigenvalue weighted by Crippen LogP contribution is -2.45. The standard InChI is InChI=1S/C23H34N6O3S.C15H30BrN5O3SSi.C14H19NO/c1-28(2)18-8-12-29(13-9-18)33(30,31)23-25-22(26-27-23)24-21-19-5-3-4-16(19)6-7-20(21)17-10-14-32-15-11-17;1-19(2)13-6-8-20(9-7-13)25(22,23)15-17-14(16)18-21(15)12-24-10-11-26(3,4)5;15-14-12-3-1-2-10(12)4-5-13(14)11-6-8-16-9-7-11/h6-7,17-18H,3-5,8-15H2,1-2H3,(H2,24,25,26,27);13H,6-12H2,1-5H3;4-5,11H,1-3,6-9,15H2. The number of H-pyrrole nitrogens is 1. The van der Waals surface area contributed by atoms with Gasteiger partial charge in [-0.2, -0.15) is 18.6 Å². The zero-order valence-electron chi connectivity index (χ0n) is 45.5. The molecule has 4 saturated heterocycles. The number of nitrogens with one attached hydrogen (secondary N) is 2. The van der Waals surface area contributed by atoms with Gasteiger partial charge in [0, 0.05) is 90.7 Å². The highest BCUT2D eigenvalue weighted by atomic mass is 79.9. The van der Waals surface area contributed by atoms with Crippen LogP contribution in [0.4, 0.5) is 17.3 Å². The van der Waals surface area contributed by atoms with Crippen LogP contribution < -0.4 is 11.1 Å². The van der Waals surface area contributed by atoms with Gasteiger partial charge in [0.05, 0.1) is 0 Å². The Kier molecular flexibility index (Phi) is 19.7. The van der Waals surface area contributed by atoms with Crippen LogP contribution in [0.1, 0.15) is 109 Å². The van der Waals surface area contributed by atoms with Gasteiger partial charge in [0.15, 0.2) is 0 Å². The number of fused-ring (bicyclic) bond motifs is 2. The summed E-state index contributed by atoms with van der Waals surface area (Å²) in [4.78, 5) is 12.8. The third kappa shape index (κ3) is 14.5. The molecule has 4 aliphatic heterocycles. The number of anilines is 3. The Labute approximate surface area is 455 Å². The first-order valence-corrected chi connectivity index (χ1v) is 34.6. The summed E-state index contributed by atoms with van der Waals surface area (Å²) in [6, 6.07) is 10.9. The SMILES string of the molecule is CN(C)C1CCN(S(=O)(=O)c2nc(Br)nn2COCC[Si](C)(C)C)CC1.CN(C)C1CCN(S(=O)(=O)c2nc(Nc3c(C4CCOCC4)ccc4c3CCC4)n[nH]2)CC1.Nc1c(C2CCOCC2)ccc2c1CCC2. The lowest BCUT2D eigenvalue weighted by molar-refractivity contribution is 0.0708. The van der Waals surface area contributed by atoms with Gasteiger partial charge >= 0.3 is 0 Å². The van der Waals surface area contributed by atoms with Crippen LogP contribution in [0.2, 0.25) is 25.7 Å². The maximum atomic E-state index is 13.2. The molecular weight excluding hydrogens is 1080 g/mol. The first kappa shape index (κ1) is 57.8.